The van der Waals surface area contributed by atoms with Gasteiger partial charge in [-0.2, -0.15) is 0 Å². The van der Waals surface area contributed by atoms with Gasteiger partial charge >= 0.3 is 5.97 Å². The molecule has 1 unspecified atom stereocenters. The van der Waals surface area contributed by atoms with Crippen molar-refractivity contribution in [2.45, 2.75) is 47.0 Å². The first-order chi connectivity index (χ1) is 17.4. The average Bonchev–Trinajstić information content (AvgIpc) is 2.88. The maximum Gasteiger partial charge on any atom is 0.330 e. The lowest BCUT2D eigenvalue weighted by atomic mass is 9.91. The number of hydrogen-bond donors (Lipinski definition) is 0. The van der Waals surface area contributed by atoms with E-state index in [0.29, 0.717) is 34.5 Å². The molecule has 4 heteroatoms. The van der Waals surface area contributed by atoms with E-state index in [4.69, 9.17) is 14.2 Å². The van der Waals surface area contributed by atoms with Crippen LogP contribution in [0.5, 0.6) is 0 Å². The van der Waals surface area contributed by atoms with Crippen LogP contribution in [0.4, 0.5) is 0 Å². The topological polar surface area (TPSA) is 44.8 Å². The highest BCUT2D eigenvalue weighted by Gasteiger charge is 2.10. The Morgan fingerprint density at radius 1 is 0.838 bits per heavy atom. The molecule has 0 aliphatic rings. The molecular weight excluding hydrogens is 460 g/mol. The molecular formula is C33H46O4. The monoisotopic (exact) mass is 506 g/mol. The first-order valence-corrected chi connectivity index (χ1v) is 12.6. The van der Waals surface area contributed by atoms with Gasteiger partial charge < -0.3 is 14.2 Å². The first-order valence-electron chi connectivity index (χ1n) is 12.6. The second-order valence-corrected chi connectivity index (χ2v) is 9.21. The Hall–Kier alpha value is -3.53. The van der Waals surface area contributed by atoms with Gasteiger partial charge in [0.25, 0.3) is 0 Å². The third-order valence-corrected chi connectivity index (χ3v) is 5.80. The normalized spacial score (nSPS) is 12.6. The van der Waals surface area contributed by atoms with E-state index in [0.717, 1.165) is 41.2 Å². The van der Waals surface area contributed by atoms with Gasteiger partial charge in [-0.1, -0.05) is 104 Å². The van der Waals surface area contributed by atoms with Crippen molar-refractivity contribution in [2.24, 2.45) is 11.8 Å². The molecule has 0 rings (SSSR count). The maximum atomic E-state index is 11.2. The van der Waals surface area contributed by atoms with Crippen LogP contribution >= 0.6 is 0 Å². The van der Waals surface area contributed by atoms with Crippen LogP contribution in [-0.2, 0) is 19.0 Å². The molecule has 0 aliphatic heterocycles. The van der Waals surface area contributed by atoms with Crippen molar-refractivity contribution >= 4 is 5.97 Å². The van der Waals surface area contributed by atoms with E-state index >= 15 is 0 Å². The fourth-order valence-electron chi connectivity index (χ4n) is 3.06. The van der Waals surface area contributed by atoms with Gasteiger partial charge in [0.2, 0.25) is 0 Å². The highest BCUT2D eigenvalue weighted by molar-refractivity contribution is 5.81. The summed E-state index contributed by atoms with van der Waals surface area (Å²) in [5.74, 6) is 1.26. The second-order valence-electron chi connectivity index (χ2n) is 9.21. The minimum absolute atomic E-state index is 0.0604. The van der Waals surface area contributed by atoms with E-state index in [-0.39, 0.29) is 13.2 Å². The van der Waals surface area contributed by atoms with Gasteiger partial charge in [-0.3, -0.25) is 0 Å². The Bertz CT molecular complexity index is 982. The average molecular weight is 507 g/mol. The van der Waals surface area contributed by atoms with Crippen molar-refractivity contribution in [2.75, 3.05) is 20.3 Å². The summed E-state index contributed by atoms with van der Waals surface area (Å²) in [5.41, 5.74) is 5.04. The molecule has 37 heavy (non-hydrogen) atoms. The zero-order valence-corrected chi connectivity index (χ0v) is 23.7. The van der Waals surface area contributed by atoms with E-state index in [2.05, 4.69) is 73.7 Å². The fourth-order valence-corrected chi connectivity index (χ4v) is 3.06. The summed E-state index contributed by atoms with van der Waals surface area (Å²) >= 11 is 0. The van der Waals surface area contributed by atoms with Gasteiger partial charge in [-0.05, 0) is 58.6 Å². The van der Waals surface area contributed by atoms with Gasteiger partial charge in [0.1, 0.15) is 13.2 Å². The number of esters is 1. The first kappa shape index (κ1) is 33.5. The Kier molecular flexibility index (Phi) is 16.1. The van der Waals surface area contributed by atoms with E-state index in [9.17, 15) is 4.79 Å². The summed E-state index contributed by atoms with van der Waals surface area (Å²) in [6.07, 6.45) is 11.8. The van der Waals surface area contributed by atoms with Crippen molar-refractivity contribution in [1.29, 1.82) is 0 Å². The van der Waals surface area contributed by atoms with Crippen molar-refractivity contribution in [3.05, 3.63) is 121 Å². The molecule has 202 valence electrons. The zero-order chi connectivity index (χ0) is 28.5. The van der Waals surface area contributed by atoms with Crippen LogP contribution in [0.2, 0.25) is 0 Å². The van der Waals surface area contributed by atoms with Gasteiger partial charge in [0.05, 0.1) is 7.11 Å². The lowest BCUT2D eigenvalue weighted by Gasteiger charge is -2.15. The molecule has 0 saturated heterocycles. The van der Waals surface area contributed by atoms with Crippen LogP contribution < -0.4 is 0 Å². The molecule has 0 aliphatic carbocycles. The molecule has 0 aromatic rings. The smallest absolute Gasteiger partial charge is 0.330 e. The van der Waals surface area contributed by atoms with Crippen molar-refractivity contribution in [1.82, 2.24) is 0 Å². The number of rotatable bonds is 19. The van der Waals surface area contributed by atoms with E-state index in [1.54, 1.807) is 6.08 Å². The van der Waals surface area contributed by atoms with Crippen LogP contribution in [0.15, 0.2) is 121 Å². The standard InChI is InChI=1S/C33H46O4/c1-13-31(29(10)26(7)18-17-25(6)24(5)16-15-23(3)4)21-27(8)28(9)22-32(30(11)35-12)36-19-20-37-33(34)14-2/h14,17-18,21-24H,2,6-11,13,15-16,19-20H2,1,3-5,12H3/b18-17-,31-21-,32-22+. The van der Waals surface area contributed by atoms with Crippen LogP contribution in [0.25, 0.3) is 0 Å². The quantitative estimate of drug-likeness (QED) is 0.0579. The Balaban J connectivity index is 5.39. The molecule has 0 radical (unpaired) electrons. The van der Waals surface area contributed by atoms with Crippen LogP contribution in [0.1, 0.15) is 47.0 Å². The summed E-state index contributed by atoms with van der Waals surface area (Å²) < 4.78 is 15.8. The molecule has 1 atom stereocenters. The summed E-state index contributed by atoms with van der Waals surface area (Å²) in [4.78, 5) is 11.2. The number of carbonyl (C=O) groups excluding carboxylic acids is 1. The summed E-state index contributed by atoms with van der Waals surface area (Å²) in [5, 5.41) is 0. The van der Waals surface area contributed by atoms with Crippen molar-refractivity contribution < 1.29 is 19.0 Å². The predicted octanol–water partition coefficient (Wildman–Crippen LogP) is 8.52. The van der Waals surface area contributed by atoms with Crippen LogP contribution in [0, 0.1) is 11.8 Å². The number of allylic oxidation sites excluding steroid dienone is 10. The second kappa shape index (κ2) is 17.8. The Morgan fingerprint density at radius 2 is 1.43 bits per heavy atom. The Labute approximate surface area is 225 Å². The minimum atomic E-state index is -0.517. The summed E-state index contributed by atoms with van der Waals surface area (Å²) in [6, 6.07) is 0. The van der Waals surface area contributed by atoms with E-state index < -0.39 is 5.97 Å². The largest absolute Gasteiger partial charge is 0.493 e. The lowest BCUT2D eigenvalue weighted by molar-refractivity contribution is -0.138. The number of ether oxygens (including phenoxy) is 3. The summed E-state index contributed by atoms with van der Waals surface area (Å²) in [6.45, 7) is 37.1. The van der Waals surface area contributed by atoms with Crippen LogP contribution in [-0.4, -0.2) is 26.3 Å². The van der Waals surface area contributed by atoms with Crippen molar-refractivity contribution in [3.8, 4) is 0 Å². The molecule has 0 amide bonds. The third kappa shape index (κ3) is 13.4. The SMILES string of the molecule is C=CC(=O)OCCO/C(=C/C(=C)C(=C)/C=C(/CC)C(=C)C(=C)/C=C\C(=C)C(C)CCC(C)C)C(=C)OC. The molecule has 4 nitrogen and oxygen atoms in total. The third-order valence-electron chi connectivity index (χ3n) is 5.80. The lowest BCUT2D eigenvalue weighted by Crippen LogP contribution is -2.09. The van der Waals surface area contributed by atoms with Gasteiger partial charge in [0, 0.05) is 6.08 Å². The molecule has 0 spiro atoms. The molecule has 0 saturated carbocycles. The van der Waals surface area contributed by atoms with Gasteiger partial charge in [-0.15, -0.1) is 0 Å². The number of carbonyl (C=O) groups is 1. The fraction of sp³-hybridized carbons (Fsp3) is 0.364. The summed E-state index contributed by atoms with van der Waals surface area (Å²) in [7, 11) is 1.49. The molecule has 0 bridgehead atoms. The number of hydrogen-bond acceptors (Lipinski definition) is 4. The zero-order valence-electron chi connectivity index (χ0n) is 23.7. The minimum Gasteiger partial charge on any atom is -0.493 e. The van der Waals surface area contributed by atoms with Crippen LogP contribution in [0.3, 0.4) is 0 Å². The highest BCUT2D eigenvalue weighted by Crippen LogP contribution is 2.26. The molecule has 0 heterocycles. The van der Waals surface area contributed by atoms with Gasteiger partial charge in [-0.25, -0.2) is 4.79 Å². The van der Waals surface area contributed by atoms with Crippen molar-refractivity contribution in [3.63, 3.8) is 0 Å². The number of methoxy groups -OCH3 is 1. The van der Waals surface area contributed by atoms with E-state index in [1.807, 2.05) is 18.2 Å². The highest BCUT2D eigenvalue weighted by atomic mass is 16.6. The molecule has 0 N–H and O–H groups in total. The Morgan fingerprint density at radius 3 is 1.97 bits per heavy atom. The molecule has 0 aromatic carbocycles. The van der Waals surface area contributed by atoms with Gasteiger partial charge in [0.15, 0.2) is 11.5 Å². The maximum absolute atomic E-state index is 11.2. The molecule has 0 aromatic heterocycles. The predicted molar refractivity (Wildman–Crippen MR) is 158 cm³/mol. The molecule has 0 fully saturated rings. The van der Waals surface area contributed by atoms with E-state index in [1.165, 1.54) is 13.5 Å².